The van der Waals surface area contributed by atoms with Gasteiger partial charge in [0.2, 0.25) is 0 Å². The molecule has 0 spiro atoms. The maximum absolute atomic E-state index is 12.7. The summed E-state index contributed by atoms with van der Waals surface area (Å²) in [4.78, 5) is 46.0. The molecule has 0 saturated heterocycles. The quantitative estimate of drug-likeness (QED) is 0.0150. The maximum Gasteiger partial charge on any atom is 0.472 e. The molecule has 59 heavy (non-hydrogen) atoms. The minimum Gasteiger partial charge on any atom is -0.480 e. The third-order valence-electron chi connectivity index (χ3n) is 9.66. The van der Waals surface area contributed by atoms with Gasteiger partial charge in [0.05, 0.1) is 19.3 Å². The van der Waals surface area contributed by atoms with E-state index in [0.717, 1.165) is 57.8 Å². The van der Waals surface area contributed by atoms with E-state index in [1.807, 2.05) is 18.2 Å². The topological polar surface area (TPSA) is 192 Å². The van der Waals surface area contributed by atoms with Crippen molar-refractivity contribution in [2.45, 2.75) is 205 Å². The van der Waals surface area contributed by atoms with E-state index >= 15 is 0 Å². The van der Waals surface area contributed by atoms with Crippen LogP contribution in [-0.2, 0) is 37.5 Å². The number of phosphoric ester groups is 1. The van der Waals surface area contributed by atoms with Crippen molar-refractivity contribution in [3.8, 4) is 0 Å². The van der Waals surface area contributed by atoms with Crippen molar-refractivity contribution in [2.75, 3.05) is 19.8 Å². The first kappa shape index (κ1) is 56.4. The first-order valence-corrected chi connectivity index (χ1v) is 24.3. The molecule has 0 aromatic heterocycles. The van der Waals surface area contributed by atoms with Gasteiger partial charge in [-0.15, -0.1) is 0 Å². The van der Waals surface area contributed by atoms with Gasteiger partial charge in [0.1, 0.15) is 12.6 Å². The number of phosphoric acid groups is 1. The first-order chi connectivity index (χ1) is 28.5. The Hall–Kier alpha value is -2.60. The molecule has 0 heterocycles. The molecule has 2 unspecified atom stereocenters. The molecule has 0 aliphatic carbocycles. The summed E-state index contributed by atoms with van der Waals surface area (Å²) >= 11 is 0. The number of aliphatic hydroxyl groups excluding tert-OH is 1. The molecular weight excluding hydrogens is 773 g/mol. The molecule has 0 radical (unpaired) electrons. The highest BCUT2D eigenvalue weighted by atomic mass is 31.2. The summed E-state index contributed by atoms with van der Waals surface area (Å²) in [7, 11) is -4.74. The van der Waals surface area contributed by atoms with Gasteiger partial charge in [-0.2, -0.15) is 0 Å². The number of carbonyl (C=O) groups is 3. The summed E-state index contributed by atoms with van der Waals surface area (Å²) in [5.41, 5.74) is 5.33. The molecule has 0 saturated carbocycles. The molecule has 5 N–H and O–H groups in total. The Morgan fingerprint density at radius 2 is 1.15 bits per heavy atom. The number of unbranched alkanes of at least 4 members (excludes halogenated alkanes) is 19. The van der Waals surface area contributed by atoms with Crippen LogP contribution in [0.1, 0.15) is 187 Å². The number of hydrogen-bond donors (Lipinski definition) is 4. The fourth-order valence-corrected chi connectivity index (χ4v) is 6.85. The normalized spacial score (nSPS) is 14.7. The van der Waals surface area contributed by atoms with Crippen molar-refractivity contribution >= 4 is 25.7 Å². The van der Waals surface area contributed by atoms with E-state index in [2.05, 4.69) is 42.7 Å². The van der Waals surface area contributed by atoms with Crippen LogP contribution in [0.4, 0.5) is 0 Å². The molecule has 0 aromatic carbocycles. The summed E-state index contributed by atoms with van der Waals surface area (Å²) in [5, 5.41) is 19.0. The molecule has 0 amide bonds. The summed E-state index contributed by atoms with van der Waals surface area (Å²) in [6.45, 7) is 2.57. The number of carboxylic acid groups (broad SMARTS) is 1. The Bertz CT molecular complexity index is 1210. The number of carbonyl (C=O) groups excluding carboxylic acids is 2. The molecule has 0 bridgehead atoms. The number of hydrogen-bond acceptors (Lipinski definition) is 10. The molecule has 0 rings (SSSR count). The van der Waals surface area contributed by atoms with Crippen LogP contribution in [0.3, 0.4) is 0 Å². The smallest absolute Gasteiger partial charge is 0.472 e. The molecule has 13 heteroatoms. The number of aliphatic hydroxyl groups is 1. The summed E-state index contributed by atoms with van der Waals surface area (Å²) in [6.07, 6.45) is 41.9. The standard InChI is InChI=1S/C46H82NO11P/c1-3-5-7-9-11-12-13-14-15-16-17-18-19-20-21-22-24-28-33-37-45(50)58-42(39-56-59(53,54)57-40-43(47)46(51)52)38-55-44(49)36-32-29-25-27-31-35-41(48)34-30-26-23-10-8-6-4-2/h6,8,14-15,23,26,30,34,41-43,48H,3-5,7,9-13,16-22,24-25,27-29,31-33,35-40,47H2,1-2H3,(H,51,52)(H,53,54)/b8-6+,15-14-,26-23+,34-30+/t41?,42-,43+/m1/s1. The molecular formula is C46H82NO11P. The van der Waals surface area contributed by atoms with Crippen LogP contribution in [0.2, 0.25) is 0 Å². The predicted molar refractivity (Wildman–Crippen MR) is 237 cm³/mol. The second-order valence-corrected chi connectivity index (χ2v) is 16.8. The van der Waals surface area contributed by atoms with Crippen molar-refractivity contribution in [1.82, 2.24) is 0 Å². The van der Waals surface area contributed by atoms with Crippen molar-refractivity contribution in [3.63, 3.8) is 0 Å². The average Bonchev–Trinajstić information content (AvgIpc) is 3.21. The lowest BCUT2D eigenvalue weighted by molar-refractivity contribution is -0.161. The fraction of sp³-hybridized carbons (Fsp3) is 0.761. The highest BCUT2D eigenvalue weighted by molar-refractivity contribution is 7.47. The van der Waals surface area contributed by atoms with Crippen LogP contribution in [-0.4, -0.2) is 71.1 Å². The Labute approximate surface area is 357 Å². The van der Waals surface area contributed by atoms with Crippen LogP contribution in [0.25, 0.3) is 0 Å². The SMILES string of the molecule is CC/C=C/C/C=C/C=C/C(O)CCCCCCCC(=O)OC[C@H](COP(=O)(O)OC[C@H](N)C(=O)O)OC(=O)CCCCCCCCCCC/C=C\CCCCCCCC. The molecule has 4 atom stereocenters. The van der Waals surface area contributed by atoms with Gasteiger partial charge in [-0.05, 0) is 57.8 Å². The van der Waals surface area contributed by atoms with E-state index in [0.29, 0.717) is 19.3 Å². The minimum absolute atomic E-state index is 0.138. The van der Waals surface area contributed by atoms with Crippen molar-refractivity contribution < 1.29 is 52.6 Å². The molecule has 0 aliphatic heterocycles. The van der Waals surface area contributed by atoms with Crippen molar-refractivity contribution in [3.05, 3.63) is 48.6 Å². The predicted octanol–water partition coefficient (Wildman–Crippen LogP) is 11.1. The number of carboxylic acids is 1. The van der Waals surface area contributed by atoms with Gasteiger partial charge >= 0.3 is 25.7 Å². The lowest BCUT2D eigenvalue weighted by atomic mass is 10.1. The van der Waals surface area contributed by atoms with E-state index in [9.17, 15) is 28.9 Å². The van der Waals surface area contributed by atoms with Gasteiger partial charge in [0, 0.05) is 12.8 Å². The van der Waals surface area contributed by atoms with E-state index in [1.165, 1.54) is 83.5 Å². The van der Waals surface area contributed by atoms with Crippen LogP contribution in [0, 0.1) is 0 Å². The number of rotatable bonds is 42. The number of nitrogens with two attached hydrogens (primary N) is 1. The van der Waals surface area contributed by atoms with Gasteiger partial charge in [-0.3, -0.25) is 23.4 Å². The van der Waals surface area contributed by atoms with E-state index in [-0.39, 0.29) is 19.4 Å². The lowest BCUT2D eigenvalue weighted by Crippen LogP contribution is -2.34. The van der Waals surface area contributed by atoms with Gasteiger partial charge < -0.3 is 30.3 Å². The fourth-order valence-electron chi connectivity index (χ4n) is 6.07. The Balaban J connectivity index is 4.40. The summed E-state index contributed by atoms with van der Waals surface area (Å²) < 4.78 is 32.7. The lowest BCUT2D eigenvalue weighted by Gasteiger charge is -2.20. The molecule has 342 valence electrons. The Kier molecular flexibility index (Phi) is 39.0. The van der Waals surface area contributed by atoms with Gasteiger partial charge in [0.25, 0.3) is 0 Å². The molecule has 12 nitrogen and oxygen atoms in total. The Morgan fingerprint density at radius 1 is 0.627 bits per heavy atom. The Morgan fingerprint density at radius 3 is 1.73 bits per heavy atom. The molecule has 0 fully saturated rings. The number of esters is 2. The van der Waals surface area contributed by atoms with Gasteiger partial charge in [0.15, 0.2) is 6.10 Å². The van der Waals surface area contributed by atoms with Crippen LogP contribution in [0.15, 0.2) is 48.6 Å². The van der Waals surface area contributed by atoms with Crippen LogP contribution in [0.5, 0.6) is 0 Å². The summed E-state index contributed by atoms with van der Waals surface area (Å²) in [6, 6.07) is -1.54. The number of aliphatic carboxylic acids is 1. The molecule has 0 aliphatic rings. The van der Waals surface area contributed by atoms with E-state index in [4.69, 9.17) is 24.8 Å². The van der Waals surface area contributed by atoms with Crippen LogP contribution >= 0.6 is 7.82 Å². The number of ether oxygens (including phenoxy) is 2. The monoisotopic (exact) mass is 856 g/mol. The zero-order valence-electron chi connectivity index (χ0n) is 36.7. The largest absolute Gasteiger partial charge is 0.480 e. The maximum atomic E-state index is 12.7. The molecule has 0 aromatic rings. The van der Waals surface area contributed by atoms with E-state index in [1.54, 1.807) is 6.08 Å². The summed E-state index contributed by atoms with van der Waals surface area (Å²) in [5.74, 6) is -2.47. The second-order valence-electron chi connectivity index (χ2n) is 15.4. The van der Waals surface area contributed by atoms with Crippen molar-refractivity contribution in [2.24, 2.45) is 5.73 Å². The van der Waals surface area contributed by atoms with E-state index < -0.39 is 57.2 Å². The van der Waals surface area contributed by atoms with Gasteiger partial charge in [-0.1, -0.05) is 165 Å². The van der Waals surface area contributed by atoms with Crippen molar-refractivity contribution in [1.29, 1.82) is 0 Å². The third kappa shape index (κ3) is 40.6. The zero-order valence-corrected chi connectivity index (χ0v) is 37.6. The highest BCUT2D eigenvalue weighted by Gasteiger charge is 2.28. The van der Waals surface area contributed by atoms with Crippen LogP contribution < -0.4 is 5.73 Å². The van der Waals surface area contributed by atoms with Gasteiger partial charge in [-0.25, -0.2) is 4.57 Å². The minimum atomic E-state index is -4.74. The third-order valence-corrected chi connectivity index (χ3v) is 10.6. The zero-order chi connectivity index (χ0) is 43.7. The highest BCUT2D eigenvalue weighted by Crippen LogP contribution is 2.43. The number of allylic oxidation sites excluding steroid dienone is 7. The first-order valence-electron chi connectivity index (χ1n) is 22.8. The second kappa shape index (κ2) is 40.8. The average molecular weight is 856 g/mol.